The fraction of sp³-hybridized carbons (Fsp3) is 0.548. The molecule has 3 aromatic rings. The summed E-state index contributed by atoms with van der Waals surface area (Å²) < 4.78 is 34.3. The molecule has 2 amide bonds. The molecule has 2 fully saturated rings. The number of carboxylic acid groups (broad SMARTS) is 1. The summed E-state index contributed by atoms with van der Waals surface area (Å²) >= 11 is 0. The van der Waals surface area contributed by atoms with Gasteiger partial charge in [-0.15, -0.1) is 0 Å². The fourth-order valence-electron chi connectivity index (χ4n) is 5.44. The summed E-state index contributed by atoms with van der Waals surface area (Å²) in [5.41, 5.74) is 2.52. The number of hydrogen-bond donors (Lipinski definition) is 3. The van der Waals surface area contributed by atoms with Crippen molar-refractivity contribution in [1.29, 1.82) is 0 Å². The lowest BCUT2D eigenvalue weighted by Crippen LogP contribution is -2.56. The van der Waals surface area contributed by atoms with E-state index in [4.69, 9.17) is 14.2 Å². The van der Waals surface area contributed by atoms with Crippen molar-refractivity contribution >= 4 is 31.1 Å². The van der Waals surface area contributed by atoms with Gasteiger partial charge in [-0.1, -0.05) is 19.6 Å². The van der Waals surface area contributed by atoms with Crippen molar-refractivity contribution in [2.24, 2.45) is 5.92 Å². The Morgan fingerprint density at radius 3 is 2.58 bits per heavy atom. The van der Waals surface area contributed by atoms with E-state index < -0.39 is 38.0 Å². The molecule has 12 nitrogen and oxygen atoms in total. The van der Waals surface area contributed by atoms with Crippen LogP contribution >= 0.6 is 0 Å². The largest absolute Gasteiger partial charge is 0.494 e. The number of aliphatic hydroxyl groups is 1. The summed E-state index contributed by atoms with van der Waals surface area (Å²) in [6.07, 6.45) is 1.63. The Morgan fingerprint density at radius 2 is 1.91 bits per heavy atom. The van der Waals surface area contributed by atoms with E-state index in [1.807, 2.05) is 4.57 Å². The van der Waals surface area contributed by atoms with Crippen LogP contribution in [0.25, 0.3) is 22.3 Å². The van der Waals surface area contributed by atoms with Crippen LogP contribution in [-0.4, -0.2) is 95.3 Å². The Bertz CT molecular complexity index is 1570. The predicted octanol–water partition coefficient (Wildman–Crippen LogP) is 4.50. The van der Waals surface area contributed by atoms with Gasteiger partial charge in [0.15, 0.2) is 11.6 Å². The van der Waals surface area contributed by atoms with E-state index in [1.165, 1.54) is 30.5 Å². The number of methoxy groups -OCH3 is 1. The number of carbonyl (C=O) groups is 2. The molecule has 2 atom stereocenters. The maximum atomic E-state index is 14.9. The molecule has 1 aromatic carbocycles. The van der Waals surface area contributed by atoms with Gasteiger partial charge in [-0.05, 0) is 44.2 Å². The topological polar surface area (TPSA) is 148 Å². The molecule has 45 heavy (non-hydrogen) atoms. The molecular weight excluding hydrogens is 601 g/mol. The average molecular weight is 644 g/mol. The van der Waals surface area contributed by atoms with Gasteiger partial charge in [0.25, 0.3) is 5.91 Å². The summed E-state index contributed by atoms with van der Waals surface area (Å²) in [5, 5.41) is 22.9. The quantitative estimate of drug-likeness (QED) is 0.192. The lowest BCUT2D eigenvalue weighted by molar-refractivity contribution is 0.0439. The number of halogens is 1. The fourth-order valence-corrected chi connectivity index (χ4v) is 6.20. The predicted molar refractivity (Wildman–Crippen MR) is 168 cm³/mol. The number of hydrogen-bond acceptors (Lipinski definition) is 8. The highest BCUT2D eigenvalue weighted by atomic mass is 28.3. The molecule has 1 aliphatic heterocycles. The van der Waals surface area contributed by atoms with Crippen LogP contribution in [0.4, 0.5) is 9.18 Å². The van der Waals surface area contributed by atoms with Crippen LogP contribution in [0.3, 0.4) is 0 Å². The van der Waals surface area contributed by atoms with Gasteiger partial charge in [-0.3, -0.25) is 4.79 Å². The van der Waals surface area contributed by atoms with E-state index in [0.717, 1.165) is 18.9 Å². The van der Waals surface area contributed by atoms with E-state index in [0.29, 0.717) is 52.9 Å². The lowest BCUT2D eigenvalue weighted by Gasteiger charge is -2.34. The van der Waals surface area contributed by atoms with Crippen molar-refractivity contribution in [3.63, 3.8) is 0 Å². The van der Waals surface area contributed by atoms with Crippen LogP contribution in [0.1, 0.15) is 35.3 Å². The Hall–Kier alpha value is -3.75. The van der Waals surface area contributed by atoms with Gasteiger partial charge in [0.05, 0.1) is 36.9 Å². The average Bonchev–Trinajstić information content (AvgIpc) is 3.77. The Labute approximate surface area is 262 Å². The third-order valence-electron chi connectivity index (χ3n) is 8.38. The van der Waals surface area contributed by atoms with Gasteiger partial charge >= 0.3 is 6.09 Å². The number of benzene rings is 1. The standard InChI is InChI=1S/C31H42FN5O7Si/c1-18-26(30(39)35-22-14-36(31(40)41)9-8-23(22)38)28-29(37(18)17-43-10-11-45(3,4)5)27(33-16-34-28)20-12-25(42-2)21(32)13-24(20)44-15-19-6-7-19/h12-13,16,19,22-23,38H,6-11,14-15,17H2,1-5H3,(H,35,39)(H,40,41). The van der Waals surface area contributed by atoms with Crippen molar-refractivity contribution in [3.05, 3.63) is 35.5 Å². The van der Waals surface area contributed by atoms with Crippen LogP contribution in [0.15, 0.2) is 18.5 Å². The summed E-state index contributed by atoms with van der Waals surface area (Å²) in [5.74, 6) is -0.345. The van der Waals surface area contributed by atoms with Gasteiger partial charge in [-0.25, -0.2) is 19.2 Å². The minimum Gasteiger partial charge on any atom is -0.494 e. The van der Waals surface area contributed by atoms with Gasteiger partial charge < -0.3 is 39.2 Å². The number of aromatic nitrogens is 3. The van der Waals surface area contributed by atoms with Crippen LogP contribution in [0.5, 0.6) is 11.5 Å². The normalized spacial score (nSPS) is 18.7. The van der Waals surface area contributed by atoms with Gasteiger partial charge in [0.2, 0.25) is 0 Å². The van der Waals surface area contributed by atoms with E-state index >= 15 is 0 Å². The maximum Gasteiger partial charge on any atom is 0.407 e. The van der Waals surface area contributed by atoms with Crippen molar-refractivity contribution in [1.82, 2.24) is 24.8 Å². The van der Waals surface area contributed by atoms with Crippen LogP contribution < -0.4 is 14.8 Å². The number of likely N-dealkylation sites (tertiary alicyclic amines) is 1. The summed E-state index contributed by atoms with van der Waals surface area (Å²) in [4.78, 5) is 35.8. The van der Waals surface area contributed by atoms with Crippen LogP contribution in [0, 0.1) is 18.7 Å². The molecule has 0 bridgehead atoms. The molecule has 244 valence electrons. The molecule has 5 rings (SSSR count). The second-order valence-electron chi connectivity index (χ2n) is 13.1. The first-order valence-corrected chi connectivity index (χ1v) is 19.0. The SMILES string of the molecule is COc1cc(-c2ncnc3c(C(=O)NC4CN(C(=O)O)CCC4O)c(C)n(COCC[Si](C)(C)C)c23)c(OCC2CC2)cc1F. The second kappa shape index (κ2) is 13.3. The summed E-state index contributed by atoms with van der Waals surface area (Å²) in [7, 11) is 0.00460. The number of aliphatic hydroxyl groups excluding tert-OH is 1. The van der Waals surface area contributed by atoms with Gasteiger partial charge in [0.1, 0.15) is 30.0 Å². The van der Waals surface area contributed by atoms with Gasteiger partial charge in [-0.2, -0.15) is 0 Å². The zero-order valence-electron chi connectivity index (χ0n) is 26.4. The van der Waals surface area contributed by atoms with Crippen molar-refractivity contribution in [3.8, 4) is 22.8 Å². The zero-order chi connectivity index (χ0) is 32.5. The Kier molecular flexibility index (Phi) is 9.65. The molecule has 3 heterocycles. The smallest absolute Gasteiger partial charge is 0.407 e. The molecule has 1 aliphatic carbocycles. The molecule has 1 saturated heterocycles. The Balaban J connectivity index is 1.59. The third-order valence-corrected chi connectivity index (χ3v) is 10.1. The molecule has 2 unspecified atom stereocenters. The van der Waals surface area contributed by atoms with Crippen LogP contribution in [-0.2, 0) is 11.5 Å². The number of nitrogens with zero attached hydrogens (tertiary/aromatic N) is 4. The summed E-state index contributed by atoms with van der Waals surface area (Å²) in [6, 6.07) is 2.96. The third kappa shape index (κ3) is 7.39. The number of nitrogens with one attached hydrogen (secondary N) is 1. The maximum absolute atomic E-state index is 14.9. The number of piperidine rings is 1. The molecule has 0 radical (unpaired) electrons. The van der Waals surface area contributed by atoms with Crippen molar-refractivity contribution in [2.45, 2.75) is 70.7 Å². The minimum atomic E-state index is -1.38. The first kappa shape index (κ1) is 32.6. The van der Waals surface area contributed by atoms with Crippen LogP contribution in [0.2, 0.25) is 25.7 Å². The van der Waals surface area contributed by atoms with Crippen molar-refractivity contribution in [2.75, 3.05) is 33.4 Å². The molecule has 3 N–H and O–H groups in total. The monoisotopic (exact) mass is 643 g/mol. The lowest BCUT2D eigenvalue weighted by atomic mass is 10.0. The Morgan fingerprint density at radius 1 is 1.16 bits per heavy atom. The van der Waals surface area contributed by atoms with E-state index in [1.54, 1.807) is 6.92 Å². The first-order chi connectivity index (χ1) is 21.4. The molecule has 2 aliphatic rings. The number of fused-ring (bicyclic) bond motifs is 1. The minimum absolute atomic E-state index is 0.0176. The molecular formula is C31H42FN5O7Si. The highest BCUT2D eigenvalue weighted by molar-refractivity contribution is 6.76. The van der Waals surface area contributed by atoms with E-state index in [2.05, 4.69) is 34.9 Å². The first-order valence-electron chi connectivity index (χ1n) is 15.3. The van der Waals surface area contributed by atoms with E-state index in [9.17, 15) is 24.2 Å². The number of carbonyl (C=O) groups excluding carboxylic acids is 1. The number of amides is 2. The molecule has 1 saturated carbocycles. The summed E-state index contributed by atoms with van der Waals surface area (Å²) in [6.45, 7) is 9.77. The highest BCUT2D eigenvalue weighted by Crippen LogP contribution is 2.40. The van der Waals surface area contributed by atoms with E-state index in [-0.39, 0.29) is 37.6 Å². The highest BCUT2D eigenvalue weighted by Gasteiger charge is 2.34. The molecule has 2 aromatic heterocycles. The van der Waals surface area contributed by atoms with Gasteiger partial charge in [0, 0.05) is 45.1 Å². The van der Waals surface area contributed by atoms with Crippen molar-refractivity contribution < 1.29 is 38.4 Å². The number of ether oxygens (including phenoxy) is 3. The molecule has 0 spiro atoms. The number of rotatable bonds is 12. The zero-order valence-corrected chi connectivity index (χ0v) is 27.4. The second-order valence-corrected chi connectivity index (χ2v) is 18.7. The molecule has 14 heteroatoms.